The highest BCUT2D eigenvalue weighted by Gasteiger charge is 2.26. The standard InChI is InChI=1S/C10H15N3O2/c14-9-7-13(10(15)12-9)11-6-8-4-2-1-3-5-8/h6,8H,1-5,7H2,(H,12,14,15)/b11-6+. The molecule has 0 atom stereocenters. The first-order valence-corrected chi connectivity index (χ1v) is 5.41. The summed E-state index contributed by atoms with van der Waals surface area (Å²) in [6.45, 7) is 0.0576. The van der Waals surface area contributed by atoms with Gasteiger partial charge >= 0.3 is 6.03 Å². The molecule has 3 amide bonds. The van der Waals surface area contributed by atoms with Crippen LogP contribution < -0.4 is 5.32 Å². The quantitative estimate of drug-likeness (QED) is 0.547. The molecule has 0 aromatic rings. The van der Waals surface area contributed by atoms with Crippen LogP contribution in [0.1, 0.15) is 32.1 Å². The zero-order valence-electron chi connectivity index (χ0n) is 8.61. The minimum absolute atomic E-state index is 0.0576. The van der Waals surface area contributed by atoms with Crippen LogP contribution in [-0.2, 0) is 4.79 Å². The summed E-state index contributed by atoms with van der Waals surface area (Å²) in [5, 5.41) is 7.43. The Kier molecular flexibility index (Phi) is 2.99. The smallest absolute Gasteiger partial charge is 0.275 e. The summed E-state index contributed by atoms with van der Waals surface area (Å²) < 4.78 is 0. The van der Waals surface area contributed by atoms with E-state index in [-0.39, 0.29) is 12.5 Å². The molecule has 5 nitrogen and oxygen atoms in total. The van der Waals surface area contributed by atoms with Gasteiger partial charge in [-0.3, -0.25) is 10.1 Å². The van der Waals surface area contributed by atoms with Crippen molar-refractivity contribution < 1.29 is 9.59 Å². The van der Waals surface area contributed by atoms with Gasteiger partial charge < -0.3 is 0 Å². The van der Waals surface area contributed by atoms with Crippen molar-refractivity contribution in [1.29, 1.82) is 0 Å². The average molecular weight is 209 g/mol. The van der Waals surface area contributed by atoms with Gasteiger partial charge in [-0.05, 0) is 18.8 Å². The lowest BCUT2D eigenvalue weighted by atomic mass is 9.90. The zero-order valence-corrected chi connectivity index (χ0v) is 8.61. The third-order valence-electron chi connectivity index (χ3n) is 2.84. The Hall–Kier alpha value is -1.39. The van der Waals surface area contributed by atoms with Crippen molar-refractivity contribution in [3.05, 3.63) is 0 Å². The fourth-order valence-corrected chi connectivity index (χ4v) is 1.98. The van der Waals surface area contributed by atoms with E-state index in [4.69, 9.17) is 0 Å². The number of amides is 3. The van der Waals surface area contributed by atoms with Gasteiger partial charge in [-0.25, -0.2) is 9.80 Å². The van der Waals surface area contributed by atoms with Gasteiger partial charge in [0.25, 0.3) is 0 Å². The predicted molar refractivity (Wildman–Crippen MR) is 55.3 cm³/mol. The van der Waals surface area contributed by atoms with Crippen LogP contribution in [0.3, 0.4) is 0 Å². The van der Waals surface area contributed by atoms with E-state index in [9.17, 15) is 9.59 Å². The maximum absolute atomic E-state index is 11.1. The van der Waals surface area contributed by atoms with E-state index in [2.05, 4.69) is 10.4 Å². The highest BCUT2D eigenvalue weighted by molar-refractivity contribution is 6.01. The Morgan fingerprint density at radius 1 is 1.27 bits per heavy atom. The van der Waals surface area contributed by atoms with Crippen molar-refractivity contribution >= 4 is 18.2 Å². The molecule has 5 heteroatoms. The lowest BCUT2D eigenvalue weighted by Crippen LogP contribution is -2.24. The van der Waals surface area contributed by atoms with Crippen LogP contribution in [-0.4, -0.2) is 29.7 Å². The van der Waals surface area contributed by atoms with E-state index in [0.717, 1.165) is 12.8 Å². The molecule has 0 aromatic carbocycles. The highest BCUT2D eigenvalue weighted by atomic mass is 16.2. The van der Waals surface area contributed by atoms with Gasteiger partial charge in [-0.1, -0.05) is 19.3 Å². The number of rotatable bonds is 2. The molecule has 0 unspecified atom stereocenters. The molecule has 1 heterocycles. The second kappa shape index (κ2) is 4.42. The third kappa shape index (κ3) is 2.55. The lowest BCUT2D eigenvalue weighted by Gasteiger charge is -2.17. The van der Waals surface area contributed by atoms with Gasteiger partial charge in [-0.15, -0.1) is 0 Å². The van der Waals surface area contributed by atoms with Crippen molar-refractivity contribution in [1.82, 2.24) is 10.3 Å². The van der Waals surface area contributed by atoms with Crippen LogP contribution in [0.4, 0.5) is 4.79 Å². The number of nitrogens with zero attached hydrogens (tertiary/aromatic N) is 2. The summed E-state index contributed by atoms with van der Waals surface area (Å²) in [6, 6.07) is -0.410. The summed E-state index contributed by atoms with van der Waals surface area (Å²) in [5.74, 6) is 0.197. The van der Waals surface area contributed by atoms with Gasteiger partial charge in [-0.2, -0.15) is 5.10 Å². The molecule has 1 saturated heterocycles. The normalized spacial score (nSPS) is 23.9. The van der Waals surface area contributed by atoms with E-state index in [1.807, 2.05) is 6.21 Å². The fraction of sp³-hybridized carbons (Fsp3) is 0.700. The number of carbonyl (C=O) groups is 2. The van der Waals surface area contributed by atoms with Crippen molar-refractivity contribution in [2.75, 3.05) is 6.54 Å². The minimum Gasteiger partial charge on any atom is -0.275 e. The first-order chi connectivity index (χ1) is 7.25. The molecule has 82 valence electrons. The maximum Gasteiger partial charge on any atom is 0.344 e. The van der Waals surface area contributed by atoms with E-state index in [1.54, 1.807) is 0 Å². The monoisotopic (exact) mass is 209 g/mol. The van der Waals surface area contributed by atoms with Gasteiger partial charge in [0.15, 0.2) is 0 Å². The fourth-order valence-electron chi connectivity index (χ4n) is 1.98. The third-order valence-corrected chi connectivity index (χ3v) is 2.84. The molecular formula is C10H15N3O2. The molecule has 2 rings (SSSR count). The average Bonchev–Trinajstić information content (AvgIpc) is 2.56. The molecule has 0 aromatic heterocycles. The molecule has 2 fully saturated rings. The lowest BCUT2D eigenvalue weighted by molar-refractivity contribution is -0.118. The summed E-state index contributed by atoms with van der Waals surface area (Å²) in [7, 11) is 0. The largest absolute Gasteiger partial charge is 0.344 e. The van der Waals surface area contributed by atoms with Gasteiger partial charge in [0.05, 0.1) is 0 Å². The van der Waals surface area contributed by atoms with Crippen molar-refractivity contribution in [3.63, 3.8) is 0 Å². The van der Waals surface area contributed by atoms with Crippen molar-refractivity contribution in [2.24, 2.45) is 11.0 Å². The van der Waals surface area contributed by atoms with Crippen LogP contribution in [0.25, 0.3) is 0 Å². The molecule has 2 aliphatic rings. The summed E-state index contributed by atoms with van der Waals surface area (Å²) in [5.41, 5.74) is 0. The van der Waals surface area contributed by atoms with Crippen LogP contribution in [0, 0.1) is 5.92 Å². The number of imide groups is 1. The Morgan fingerprint density at radius 3 is 2.60 bits per heavy atom. The zero-order chi connectivity index (χ0) is 10.7. The van der Waals surface area contributed by atoms with Crippen molar-refractivity contribution in [3.8, 4) is 0 Å². The Morgan fingerprint density at radius 2 is 2.00 bits per heavy atom. The van der Waals surface area contributed by atoms with Crippen LogP contribution >= 0.6 is 0 Å². The molecule has 1 saturated carbocycles. The SMILES string of the molecule is O=C1CN(/N=C/C2CCCCC2)C(=O)N1. The number of carbonyl (C=O) groups excluding carboxylic acids is 2. The van der Waals surface area contributed by atoms with Crippen LogP contribution in [0.2, 0.25) is 0 Å². The molecular weight excluding hydrogens is 194 g/mol. The van der Waals surface area contributed by atoms with Gasteiger partial charge in [0.2, 0.25) is 5.91 Å². The van der Waals surface area contributed by atoms with E-state index < -0.39 is 6.03 Å². The molecule has 1 N–H and O–H groups in total. The Labute approximate surface area is 88.5 Å². The molecule has 0 radical (unpaired) electrons. The number of hydrazone groups is 1. The number of hydrogen-bond donors (Lipinski definition) is 1. The number of urea groups is 1. The molecule has 0 bridgehead atoms. The minimum atomic E-state index is -0.410. The maximum atomic E-state index is 11.1. The first-order valence-electron chi connectivity index (χ1n) is 5.41. The number of hydrogen-bond acceptors (Lipinski definition) is 3. The molecule has 1 aliphatic heterocycles. The highest BCUT2D eigenvalue weighted by Crippen LogP contribution is 2.22. The number of nitrogens with one attached hydrogen (secondary N) is 1. The van der Waals surface area contributed by atoms with E-state index in [0.29, 0.717) is 5.92 Å². The van der Waals surface area contributed by atoms with Crippen molar-refractivity contribution in [2.45, 2.75) is 32.1 Å². The predicted octanol–water partition coefficient (Wildman–Crippen LogP) is 1.10. The van der Waals surface area contributed by atoms with E-state index in [1.165, 1.54) is 24.3 Å². The second-order valence-electron chi connectivity index (χ2n) is 4.07. The van der Waals surface area contributed by atoms with Gasteiger partial charge in [0, 0.05) is 6.21 Å². The topological polar surface area (TPSA) is 61.8 Å². The first kappa shape index (κ1) is 10.1. The molecule has 15 heavy (non-hydrogen) atoms. The van der Waals surface area contributed by atoms with Gasteiger partial charge in [0.1, 0.15) is 6.54 Å². The summed E-state index contributed by atoms with van der Waals surface area (Å²) in [6.07, 6.45) is 7.88. The molecule has 0 spiro atoms. The van der Waals surface area contributed by atoms with Crippen LogP contribution in [0.15, 0.2) is 5.10 Å². The second-order valence-corrected chi connectivity index (χ2v) is 4.07. The Bertz CT molecular complexity index is 295. The molecule has 1 aliphatic carbocycles. The Balaban J connectivity index is 1.87. The summed E-state index contributed by atoms with van der Waals surface area (Å²) in [4.78, 5) is 22.0. The van der Waals surface area contributed by atoms with Crippen LogP contribution in [0.5, 0.6) is 0 Å². The van der Waals surface area contributed by atoms with E-state index >= 15 is 0 Å². The summed E-state index contributed by atoms with van der Waals surface area (Å²) >= 11 is 0.